The van der Waals surface area contributed by atoms with Crippen LogP contribution in [-0.4, -0.2) is 16.1 Å². The van der Waals surface area contributed by atoms with Crippen LogP contribution in [0.5, 0.6) is 0 Å². The van der Waals surface area contributed by atoms with E-state index in [1.165, 1.54) is 4.57 Å². The number of nitrogens with zero attached hydrogens (tertiary/aromatic N) is 1. The molecule has 0 amide bonds. The Hall–Kier alpha value is -2.50. The predicted octanol–water partition coefficient (Wildman–Crippen LogP) is 1.38. The van der Waals surface area contributed by atoms with Gasteiger partial charge in [-0.15, -0.1) is 0 Å². The van der Waals surface area contributed by atoms with Crippen LogP contribution in [0.1, 0.15) is 25.3 Å². The van der Waals surface area contributed by atoms with Crippen molar-refractivity contribution < 1.29 is 0 Å². The fourth-order valence-corrected chi connectivity index (χ4v) is 2.07. The molecule has 0 bridgehead atoms. The minimum absolute atomic E-state index is 0.170. The summed E-state index contributed by atoms with van der Waals surface area (Å²) in [5.74, 6) is 0.170. The number of anilines is 2. The SMILES string of the molecule is CCCCNc1c(N)n(Cc2ccccc2)c(=O)[nH]c1=O. The van der Waals surface area contributed by atoms with Gasteiger partial charge in [0.15, 0.2) is 0 Å². The summed E-state index contributed by atoms with van der Waals surface area (Å²) in [6, 6.07) is 9.49. The average molecular weight is 288 g/mol. The second kappa shape index (κ2) is 6.78. The van der Waals surface area contributed by atoms with E-state index in [4.69, 9.17) is 5.73 Å². The number of H-pyrrole nitrogens is 1. The number of hydrogen-bond donors (Lipinski definition) is 3. The number of aromatic nitrogens is 2. The number of hydrogen-bond acceptors (Lipinski definition) is 4. The van der Waals surface area contributed by atoms with Crippen LogP contribution in [0.4, 0.5) is 11.5 Å². The van der Waals surface area contributed by atoms with Crippen molar-refractivity contribution >= 4 is 11.5 Å². The Labute approximate surface area is 122 Å². The molecule has 21 heavy (non-hydrogen) atoms. The summed E-state index contributed by atoms with van der Waals surface area (Å²) in [4.78, 5) is 26.1. The molecule has 0 aliphatic carbocycles. The molecule has 0 spiro atoms. The van der Waals surface area contributed by atoms with E-state index in [-0.39, 0.29) is 11.5 Å². The molecule has 1 aromatic carbocycles. The smallest absolute Gasteiger partial charge is 0.330 e. The lowest BCUT2D eigenvalue weighted by Crippen LogP contribution is -2.34. The molecule has 2 rings (SSSR count). The van der Waals surface area contributed by atoms with Crippen molar-refractivity contribution in [1.82, 2.24) is 9.55 Å². The van der Waals surface area contributed by atoms with E-state index in [1.54, 1.807) is 0 Å². The maximum absolute atomic E-state index is 11.9. The number of rotatable bonds is 6. The summed E-state index contributed by atoms with van der Waals surface area (Å²) >= 11 is 0. The Morgan fingerprint density at radius 3 is 2.62 bits per heavy atom. The monoisotopic (exact) mass is 288 g/mol. The Kier molecular flexibility index (Phi) is 4.81. The molecule has 0 unspecified atom stereocenters. The quantitative estimate of drug-likeness (QED) is 0.700. The Balaban J connectivity index is 2.35. The van der Waals surface area contributed by atoms with E-state index in [1.807, 2.05) is 30.3 Å². The van der Waals surface area contributed by atoms with Gasteiger partial charge in [0.2, 0.25) is 0 Å². The summed E-state index contributed by atoms with van der Waals surface area (Å²) in [5.41, 5.74) is 6.23. The van der Waals surface area contributed by atoms with Crippen molar-refractivity contribution in [2.75, 3.05) is 17.6 Å². The van der Waals surface area contributed by atoms with E-state index in [0.717, 1.165) is 18.4 Å². The number of aromatic amines is 1. The summed E-state index contributed by atoms with van der Waals surface area (Å²) < 4.78 is 1.37. The lowest BCUT2D eigenvalue weighted by Gasteiger charge is -2.13. The van der Waals surface area contributed by atoms with Crippen molar-refractivity contribution in [3.8, 4) is 0 Å². The van der Waals surface area contributed by atoms with Gasteiger partial charge in [0.05, 0.1) is 6.54 Å². The molecule has 4 N–H and O–H groups in total. The normalized spacial score (nSPS) is 10.5. The third-order valence-corrected chi connectivity index (χ3v) is 3.26. The molecule has 1 aromatic heterocycles. The number of nitrogen functional groups attached to an aromatic ring is 1. The first kappa shape index (κ1) is 14.9. The molecule has 0 saturated carbocycles. The molecule has 0 fully saturated rings. The number of benzene rings is 1. The largest absolute Gasteiger partial charge is 0.383 e. The van der Waals surface area contributed by atoms with Crippen molar-refractivity contribution in [1.29, 1.82) is 0 Å². The second-order valence-electron chi connectivity index (χ2n) is 4.87. The molecule has 6 nitrogen and oxygen atoms in total. The molecule has 0 aliphatic rings. The first-order valence-electron chi connectivity index (χ1n) is 7.04. The topological polar surface area (TPSA) is 92.9 Å². The zero-order valence-electron chi connectivity index (χ0n) is 12.1. The first-order valence-corrected chi connectivity index (χ1v) is 7.04. The van der Waals surface area contributed by atoms with Crippen LogP contribution < -0.4 is 22.3 Å². The maximum Gasteiger partial charge on any atom is 0.330 e. The molecule has 6 heteroatoms. The molecule has 2 aromatic rings. The van der Waals surface area contributed by atoms with Crippen LogP contribution in [-0.2, 0) is 6.54 Å². The first-order chi connectivity index (χ1) is 10.1. The van der Waals surface area contributed by atoms with Crippen LogP contribution >= 0.6 is 0 Å². The van der Waals surface area contributed by atoms with Gasteiger partial charge >= 0.3 is 5.69 Å². The fraction of sp³-hybridized carbons (Fsp3) is 0.333. The van der Waals surface area contributed by atoms with E-state index in [9.17, 15) is 9.59 Å². The third-order valence-electron chi connectivity index (χ3n) is 3.26. The highest BCUT2D eigenvalue weighted by molar-refractivity contribution is 5.60. The van der Waals surface area contributed by atoms with Gasteiger partial charge in [0.25, 0.3) is 5.56 Å². The van der Waals surface area contributed by atoms with Crippen molar-refractivity contribution in [3.63, 3.8) is 0 Å². The lowest BCUT2D eigenvalue weighted by molar-refractivity contribution is 0.731. The number of nitrogens with two attached hydrogens (primary N) is 1. The van der Waals surface area contributed by atoms with E-state index >= 15 is 0 Å². The zero-order valence-corrected chi connectivity index (χ0v) is 12.1. The van der Waals surface area contributed by atoms with Crippen molar-refractivity contribution in [2.24, 2.45) is 0 Å². The molecular formula is C15H20N4O2. The van der Waals surface area contributed by atoms with Crippen LogP contribution in [0.25, 0.3) is 0 Å². The highest BCUT2D eigenvalue weighted by Crippen LogP contribution is 2.12. The highest BCUT2D eigenvalue weighted by Gasteiger charge is 2.11. The summed E-state index contributed by atoms with van der Waals surface area (Å²) in [7, 11) is 0. The van der Waals surface area contributed by atoms with Crippen LogP contribution in [0.15, 0.2) is 39.9 Å². The molecule has 112 valence electrons. The van der Waals surface area contributed by atoms with Gasteiger partial charge in [-0.1, -0.05) is 43.7 Å². The Morgan fingerprint density at radius 2 is 1.95 bits per heavy atom. The van der Waals surface area contributed by atoms with Gasteiger partial charge in [-0.05, 0) is 12.0 Å². The third kappa shape index (κ3) is 3.53. The van der Waals surface area contributed by atoms with Crippen LogP contribution in [0.3, 0.4) is 0 Å². The van der Waals surface area contributed by atoms with Crippen LogP contribution in [0, 0.1) is 0 Å². The summed E-state index contributed by atoms with van der Waals surface area (Å²) in [6.07, 6.45) is 1.94. The van der Waals surface area contributed by atoms with Gasteiger partial charge in [-0.3, -0.25) is 14.3 Å². The molecule has 1 heterocycles. The van der Waals surface area contributed by atoms with Gasteiger partial charge in [0, 0.05) is 6.54 Å². The Bertz CT molecular complexity index is 704. The Morgan fingerprint density at radius 1 is 1.24 bits per heavy atom. The number of unbranched alkanes of at least 4 members (excludes halogenated alkanes) is 1. The van der Waals surface area contributed by atoms with E-state index < -0.39 is 11.2 Å². The van der Waals surface area contributed by atoms with Crippen molar-refractivity contribution in [2.45, 2.75) is 26.3 Å². The van der Waals surface area contributed by atoms with E-state index in [0.29, 0.717) is 13.1 Å². The fourth-order valence-electron chi connectivity index (χ4n) is 2.07. The van der Waals surface area contributed by atoms with Gasteiger partial charge < -0.3 is 11.1 Å². The van der Waals surface area contributed by atoms with E-state index in [2.05, 4.69) is 17.2 Å². The molecule has 0 radical (unpaired) electrons. The standard InChI is InChI=1S/C15H20N4O2/c1-2-3-9-17-12-13(16)19(15(21)18-14(12)20)10-11-7-5-4-6-8-11/h4-8,17H,2-3,9-10,16H2,1H3,(H,18,20,21). The minimum Gasteiger partial charge on any atom is -0.383 e. The predicted molar refractivity (Wildman–Crippen MR) is 84.7 cm³/mol. The lowest BCUT2D eigenvalue weighted by atomic mass is 10.2. The summed E-state index contributed by atoms with van der Waals surface area (Å²) in [6.45, 7) is 3.03. The average Bonchev–Trinajstić information content (AvgIpc) is 2.48. The van der Waals surface area contributed by atoms with Crippen LogP contribution in [0.2, 0.25) is 0 Å². The van der Waals surface area contributed by atoms with Crippen molar-refractivity contribution in [3.05, 3.63) is 56.7 Å². The maximum atomic E-state index is 11.9. The molecular weight excluding hydrogens is 268 g/mol. The minimum atomic E-state index is -0.498. The molecule has 0 saturated heterocycles. The zero-order chi connectivity index (χ0) is 15.2. The second-order valence-corrected chi connectivity index (χ2v) is 4.87. The number of nitrogens with one attached hydrogen (secondary N) is 2. The van der Waals surface area contributed by atoms with Gasteiger partial charge in [0.1, 0.15) is 11.5 Å². The summed E-state index contributed by atoms with van der Waals surface area (Å²) in [5, 5.41) is 3.01. The van der Waals surface area contributed by atoms with Gasteiger partial charge in [-0.25, -0.2) is 4.79 Å². The molecule has 0 aliphatic heterocycles. The molecule has 0 atom stereocenters. The van der Waals surface area contributed by atoms with Gasteiger partial charge in [-0.2, -0.15) is 0 Å². The highest BCUT2D eigenvalue weighted by atomic mass is 16.2.